The first-order chi connectivity index (χ1) is 7.42. The van der Waals surface area contributed by atoms with Crippen LogP contribution in [0.25, 0.3) is 0 Å². The molecule has 0 aromatic heterocycles. The van der Waals surface area contributed by atoms with Crippen LogP contribution in [-0.4, -0.2) is 0 Å². The fourth-order valence-electron chi connectivity index (χ4n) is 2.80. The predicted octanol–water partition coefficient (Wildman–Crippen LogP) is 1.61. The monoisotopic (exact) mass is 220 g/mol. The summed E-state index contributed by atoms with van der Waals surface area (Å²) in [5, 5.41) is 0. The minimum atomic E-state index is 0. The van der Waals surface area contributed by atoms with Crippen molar-refractivity contribution in [2.45, 2.75) is 40.5 Å². The summed E-state index contributed by atoms with van der Waals surface area (Å²) < 4.78 is 0. The topological polar surface area (TPSA) is 0 Å². The zero-order chi connectivity index (χ0) is 11.8. The number of hydrogen-bond acceptors (Lipinski definition) is 0. The van der Waals surface area contributed by atoms with Crippen LogP contribution < -0.4 is 18.9 Å². The fourth-order valence-corrected chi connectivity index (χ4v) is 2.80. The van der Waals surface area contributed by atoms with Crippen LogP contribution in [0.3, 0.4) is 0 Å². The van der Waals surface area contributed by atoms with E-state index in [1.807, 2.05) is 0 Å². The van der Waals surface area contributed by atoms with E-state index in [1.165, 1.54) is 24.0 Å². The van der Waals surface area contributed by atoms with E-state index in [9.17, 15) is 0 Å². The summed E-state index contributed by atoms with van der Waals surface area (Å²) in [6.45, 7) is 9.36. The van der Waals surface area contributed by atoms with Gasteiger partial charge in [-0.3, -0.25) is 0 Å². The smallest absolute Gasteiger partial charge is 0.193 e. The minimum Gasteiger partial charge on any atom is -0.193 e. The van der Waals surface area contributed by atoms with Crippen LogP contribution in [0.4, 0.5) is 0 Å². The maximum atomic E-state index is 3.64. The van der Waals surface area contributed by atoms with Crippen molar-refractivity contribution in [1.29, 1.82) is 0 Å². The van der Waals surface area contributed by atoms with Crippen molar-refractivity contribution in [3.8, 4) is 0 Å². The van der Waals surface area contributed by atoms with Crippen LogP contribution in [0.2, 0.25) is 0 Å². The standard InChI is InChI=1S/C16H21.Li/c1-15(2)10-11-16(3,4)14(15)12-13-8-6-5-7-9-13;/h5-9H,10-11H2,1-4H3;/q-1;+1. The second-order valence-electron chi connectivity index (χ2n) is 6.13. The summed E-state index contributed by atoms with van der Waals surface area (Å²) in [6.07, 6.45) is 6.18. The van der Waals surface area contributed by atoms with Gasteiger partial charge >= 0.3 is 18.9 Å². The van der Waals surface area contributed by atoms with E-state index in [4.69, 9.17) is 0 Å². The molecule has 0 nitrogen and oxygen atoms in total. The molecule has 0 heterocycles. The molecular formula is C16H21Li. The molecule has 0 aliphatic heterocycles. The molecule has 1 saturated carbocycles. The van der Waals surface area contributed by atoms with E-state index in [1.54, 1.807) is 0 Å². The summed E-state index contributed by atoms with van der Waals surface area (Å²) in [5.74, 6) is 0. The molecule has 1 heteroatoms. The maximum absolute atomic E-state index is 3.64. The minimum absolute atomic E-state index is 0. The van der Waals surface area contributed by atoms with Gasteiger partial charge in [-0.15, -0.1) is 17.7 Å². The van der Waals surface area contributed by atoms with Crippen LogP contribution in [0.5, 0.6) is 0 Å². The molecule has 86 valence electrons. The summed E-state index contributed by atoms with van der Waals surface area (Å²) in [6, 6.07) is 10.5. The van der Waals surface area contributed by atoms with Gasteiger partial charge in [0.05, 0.1) is 0 Å². The Morgan fingerprint density at radius 3 is 1.82 bits per heavy atom. The van der Waals surface area contributed by atoms with Crippen molar-refractivity contribution in [2.24, 2.45) is 10.8 Å². The van der Waals surface area contributed by atoms with Crippen LogP contribution in [0, 0.1) is 16.9 Å². The zero-order valence-electron chi connectivity index (χ0n) is 11.8. The summed E-state index contributed by atoms with van der Waals surface area (Å²) in [5.41, 5.74) is 3.30. The second-order valence-corrected chi connectivity index (χ2v) is 6.13. The van der Waals surface area contributed by atoms with Gasteiger partial charge in [0.25, 0.3) is 0 Å². The molecule has 2 rings (SSSR count). The van der Waals surface area contributed by atoms with Crippen molar-refractivity contribution < 1.29 is 18.9 Å². The second kappa shape index (κ2) is 5.05. The molecule has 17 heavy (non-hydrogen) atoms. The van der Waals surface area contributed by atoms with E-state index in [2.05, 4.69) is 64.1 Å². The SMILES string of the molecule is CC1(C)CCC(C)(C)C1=[C-]c1ccccc1.[Li+]. The Hall–Kier alpha value is -0.443. The maximum Gasteiger partial charge on any atom is 1.00 e. The van der Waals surface area contributed by atoms with Crippen molar-refractivity contribution in [1.82, 2.24) is 0 Å². The van der Waals surface area contributed by atoms with Gasteiger partial charge in [-0.2, -0.15) is 23.8 Å². The van der Waals surface area contributed by atoms with Gasteiger partial charge in [0.2, 0.25) is 0 Å². The van der Waals surface area contributed by atoms with E-state index in [0.717, 1.165) is 0 Å². The third-order valence-corrected chi connectivity index (χ3v) is 3.77. The molecule has 0 atom stereocenters. The summed E-state index contributed by atoms with van der Waals surface area (Å²) >= 11 is 0. The molecule has 1 aliphatic carbocycles. The predicted molar refractivity (Wildman–Crippen MR) is 69.1 cm³/mol. The van der Waals surface area contributed by atoms with E-state index in [-0.39, 0.29) is 18.9 Å². The largest absolute Gasteiger partial charge is 1.00 e. The van der Waals surface area contributed by atoms with Crippen LogP contribution in [-0.2, 0) is 0 Å². The average molecular weight is 220 g/mol. The number of rotatable bonds is 1. The first kappa shape index (κ1) is 14.6. The van der Waals surface area contributed by atoms with Gasteiger partial charge in [0, 0.05) is 0 Å². The number of benzene rings is 1. The Kier molecular flexibility index (Phi) is 4.34. The molecule has 0 saturated heterocycles. The van der Waals surface area contributed by atoms with Gasteiger partial charge in [0.15, 0.2) is 0 Å². The molecule has 0 amide bonds. The first-order valence-electron chi connectivity index (χ1n) is 6.12. The van der Waals surface area contributed by atoms with Crippen LogP contribution in [0.15, 0.2) is 35.9 Å². The molecule has 0 bridgehead atoms. The quantitative estimate of drug-likeness (QED) is 0.498. The van der Waals surface area contributed by atoms with Crippen molar-refractivity contribution >= 4 is 0 Å². The van der Waals surface area contributed by atoms with Crippen LogP contribution in [0.1, 0.15) is 46.1 Å². The Morgan fingerprint density at radius 1 is 0.882 bits per heavy atom. The third kappa shape index (κ3) is 3.06. The Balaban J connectivity index is 0.00000144. The molecule has 1 aromatic rings. The Morgan fingerprint density at radius 2 is 1.35 bits per heavy atom. The number of allylic oxidation sites excluding steroid dienone is 1. The van der Waals surface area contributed by atoms with Gasteiger partial charge < -0.3 is 0 Å². The molecule has 1 fully saturated rings. The van der Waals surface area contributed by atoms with Gasteiger partial charge in [-0.25, -0.2) is 0 Å². The van der Waals surface area contributed by atoms with Gasteiger partial charge in [-0.1, -0.05) is 33.8 Å². The zero-order valence-corrected chi connectivity index (χ0v) is 11.8. The van der Waals surface area contributed by atoms with E-state index >= 15 is 0 Å². The van der Waals surface area contributed by atoms with Crippen molar-refractivity contribution in [3.63, 3.8) is 0 Å². The molecule has 0 unspecified atom stereocenters. The fraction of sp³-hybridized carbons (Fsp3) is 0.500. The Labute approximate surface area is 118 Å². The van der Waals surface area contributed by atoms with Crippen molar-refractivity contribution in [2.75, 3.05) is 0 Å². The third-order valence-electron chi connectivity index (χ3n) is 3.77. The average Bonchev–Trinajstić information content (AvgIpc) is 2.43. The summed E-state index contributed by atoms with van der Waals surface area (Å²) in [4.78, 5) is 0. The molecule has 0 N–H and O–H groups in total. The molecule has 1 aromatic carbocycles. The molecule has 0 radical (unpaired) electrons. The normalized spacial score (nSPS) is 20.8. The Bertz CT molecular complexity index is 381. The van der Waals surface area contributed by atoms with Crippen molar-refractivity contribution in [3.05, 3.63) is 47.5 Å². The number of hydrogen-bond donors (Lipinski definition) is 0. The molecule has 0 spiro atoms. The van der Waals surface area contributed by atoms with E-state index in [0.29, 0.717) is 10.8 Å². The first-order valence-corrected chi connectivity index (χ1v) is 6.12. The van der Waals surface area contributed by atoms with E-state index < -0.39 is 0 Å². The van der Waals surface area contributed by atoms with Crippen LogP contribution >= 0.6 is 0 Å². The molecule has 1 aliphatic rings. The summed E-state index contributed by atoms with van der Waals surface area (Å²) in [7, 11) is 0. The van der Waals surface area contributed by atoms with Gasteiger partial charge in [-0.05, 0) is 23.7 Å². The van der Waals surface area contributed by atoms with Gasteiger partial charge in [0.1, 0.15) is 0 Å². The molecular weight excluding hydrogens is 199 g/mol.